The molecule has 3 rings (SSSR count). The first-order valence-corrected chi connectivity index (χ1v) is 9.15. The lowest BCUT2D eigenvalue weighted by Crippen LogP contribution is -2.53. The lowest BCUT2D eigenvalue weighted by Gasteiger charge is -2.38. The van der Waals surface area contributed by atoms with E-state index in [0.717, 1.165) is 0 Å². The molecule has 8 nitrogen and oxygen atoms in total. The van der Waals surface area contributed by atoms with E-state index in [1.165, 1.54) is 7.11 Å². The number of rotatable bonds is 7. The smallest absolute Gasteiger partial charge is 0.330 e. The van der Waals surface area contributed by atoms with Gasteiger partial charge in [-0.25, -0.2) is 0 Å². The molecule has 8 heteroatoms. The van der Waals surface area contributed by atoms with Crippen LogP contribution in [0.1, 0.15) is 24.0 Å². The van der Waals surface area contributed by atoms with E-state index in [1.54, 1.807) is 55.5 Å². The molecule has 0 aromatic heterocycles. The Balaban J connectivity index is 2.19. The standard InChI is InChI=1S/C21H21NO7/c1-3-28-19(23)21(17(13-22(25)26)14-7-5-4-6-8-14)12-15-11-16(27-2)9-10-18(15)29-20(21)24/h4-11,17H,3,12-13H2,1-2H3/t17-,21+/m1/s1. The zero-order chi connectivity index (χ0) is 21.0. The normalized spacial score (nSPS) is 18.9. The third kappa shape index (κ3) is 3.78. The van der Waals surface area contributed by atoms with E-state index in [2.05, 4.69) is 0 Å². The highest BCUT2D eigenvalue weighted by Crippen LogP contribution is 2.47. The number of nitro groups is 1. The topological polar surface area (TPSA) is 105 Å². The van der Waals surface area contributed by atoms with Gasteiger partial charge in [0.2, 0.25) is 6.54 Å². The van der Waals surface area contributed by atoms with Crippen molar-refractivity contribution in [2.45, 2.75) is 19.3 Å². The highest BCUT2D eigenvalue weighted by Gasteiger charge is 2.59. The van der Waals surface area contributed by atoms with Crippen molar-refractivity contribution in [1.82, 2.24) is 0 Å². The van der Waals surface area contributed by atoms with E-state index in [4.69, 9.17) is 14.2 Å². The lowest BCUT2D eigenvalue weighted by atomic mass is 9.67. The van der Waals surface area contributed by atoms with Gasteiger partial charge in [-0.15, -0.1) is 0 Å². The van der Waals surface area contributed by atoms with Crippen LogP contribution in [0.3, 0.4) is 0 Å². The van der Waals surface area contributed by atoms with Crippen molar-refractivity contribution in [3.8, 4) is 11.5 Å². The second-order valence-corrected chi connectivity index (χ2v) is 6.71. The molecule has 0 saturated heterocycles. The Morgan fingerprint density at radius 2 is 2.00 bits per heavy atom. The summed E-state index contributed by atoms with van der Waals surface area (Å²) in [5.41, 5.74) is -0.856. The number of hydrogen-bond donors (Lipinski definition) is 0. The fraction of sp³-hybridized carbons (Fsp3) is 0.333. The van der Waals surface area contributed by atoms with E-state index in [9.17, 15) is 19.7 Å². The zero-order valence-electron chi connectivity index (χ0n) is 16.1. The first-order chi connectivity index (χ1) is 13.9. The molecule has 0 N–H and O–H groups in total. The summed E-state index contributed by atoms with van der Waals surface area (Å²) in [6, 6.07) is 13.3. The maximum atomic E-state index is 13.2. The molecule has 2 aromatic carbocycles. The molecule has 1 aliphatic rings. The van der Waals surface area contributed by atoms with Gasteiger partial charge in [0.05, 0.1) is 19.6 Å². The molecule has 0 saturated carbocycles. The van der Waals surface area contributed by atoms with Crippen LogP contribution in [0.2, 0.25) is 0 Å². The first kappa shape index (κ1) is 20.3. The SMILES string of the molecule is CCOC(=O)[C@@]1([C@H](C[N+](=O)[O-])c2ccccc2)Cc2cc(OC)ccc2OC1=O. The van der Waals surface area contributed by atoms with Crippen LogP contribution in [0.4, 0.5) is 0 Å². The highest BCUT2D eigenvalue weighted by molar-refractivity contribution is 6.03. The summed E-state index contributed by atoms with van der Waals surface area (Å²) in [7, 11) is 1.49. The Hall–Kier alpha value is -3.42. The molecule has 0 fully saturated rings. The Kier molecular flexibility index (Phi) is 5.81. The maximum Gasteiger partial charge on any atom is 0.330 e. The summed E-state index contributed by atoms with van der Waals surface area (Å²) in [5.74, 6) is -1.95. The predicted molar refractivity (Wildman–Crippen MR) is 102 cm³/mol. The van der Waals surface area contributed by atoms with Crippen molar-refractivity contribution < 1.29 is 28.7 Å². The van der Waals surface area contributed by atoms with Gasteiger partial charge in [-0.05, 0) is 30.7 Å². The van der Waals surface area contributed by atoms with E-state index in [0.29, 0.717) is 22.6 Å². The fourth-order valence-electron chi connectivity index (χ4n) is 3.69. The molecule has 0 radical (unpaired) electrons. The van der Waals surface area contributed by atoms with Gasteiger partial charge >= 0.3 is 11.9 Å². The first-order valence-electron chi connectivity index (χ1n) is 9.15. The molecule has 29 heavy (non-hydrogen) atoms. The molecule has 0 amide bonds. The predicted octanol–water partition coefficient (Wildman–Crippen LogP) is 2.77. The number of esters is 2. The monoisotopic (exact) mass is 399 g/mol. The number of methoxy groups -OCH3 is 1. The fourth-order valence-corrected chi connectivity index (χ4v) is 3.69. The third-order valence-corrected chi connectivity index (χ3v) is 5.07. The van der Waals surface area contributed by atoms with E-state index in [-0.39, 0.29) is 13.0 Å². The van der Waals surface area contributed by atoms with Gasteiger partial charge in [-0.2, -0.15) is 0 Å². The highest BCUT2D eigenvalue weighted by atomic mass is 16.6. The quantitative estimate of drug-likeness (QED) is 0.232. The molecule has 1 aliphatic heterocycles. The summed E-state index contributed by atoms with van der Waals surface area (Å²) >= 11 is 0. The number of ether oxygens (including phenoxy) is 3. The van der Waals surface area contributed by atoms with Gasteiger partial charge in [0.15, 0.2) is 5.41 Å². The molecule has 152 valence electrons. The summed E-state index contributed by atoms with van der Waals surface area (Å²) in [6.45, 7) is 1.01. The second-order valence-electron chi connectivity index (χ2n) is 6.71. The van der Waals surface area contributed by atoms with Crippen molar-refractivity contribution in [3.63, 3.8) is 0 Å². The van der Waals surface area contributed by atoms with E-state index in [1.807, 2.05) is 0 Å². The molecule has 0 bridgehead atoms. The van der Waals surface area contributed by atoms with Gasteiger partial charge in [-0.3, -0.25) is 19.7 Å². The Morgan fingerprint density at radius 1 is 1.28 bits per heavy atom. The minimum Gasteiger partial charge on any atom is -0.497 e. The number of fused-ring (bicyclic) bond motifs is 1. The Morgan fingerprint density at radius 3 is 2.62 bits per heavy atom. The minimum atomic E-state index is -1.89. The summed E-state index contributed by atoms with van der Waals surface area (Å²) in [6.07, 6.45) is -0.0927. The van der Waals surface area contributed by atoms with Crippen molar-refractivity contribution >= 4 is 11.9 Å². The molecule has 1 heterocycles. The van der Waals surface area contributed by atoms with Gasteiger partial charge in [-0.1, -0.05) is 30.3 Å². The molecular formula is C21H21NO7. The van der Waals surface area contributed by atoms with Crippen molar-refractivity contribution in [3.05, 3.63) is 69.8 Å². The number of carbonyl (C=O) groups is 2. The zero-order valence-corrected chi connectivity index (χ0v) is 16.1. The summed E-state index contributed by atoms with van der Waals surface area (Å²) in [4.78, 5) is 37.2. The number of nitrogens with zero attached hydrogens (tertiary/aromatic N) is 1. The van der Waals surface area contributed by atoms with Crippen molar-refractivity contribution in [1.29, 1.82) is 0 Å². The number of benzene rings is 2. The maximum absolute atomic E-state index is 13.2. The number of hydrogen-bond acceptors (Lipinski definition) is 7. The molecule has 2 aromatic rings. The van der Waals surface area contributed by atoms with Crippen LogP contribution in [0.15, 0.2) is 48.5 Å². The average Bonchev–Trinajstić information content (AvgIpc) is 2.72. The molecule has 0 spiro atoms. The Labute approximate surface area is 167 Å². The number of carbonyl (C=O) groups excluding carboxylic acids is 2. The molecule has 0 unspecified atom stereocenters. The summed E-state index contributed by atoms with van der Waals surface area (Å²) in [5, 5.41) is 11.5. The molecule has 2 atom stereocenters. The van der Waals surface area contributed by atoms with Crippen LogP contribution < -0.4 is 9.47 Å². The molecule has 0 aliphatic carbocycles. The van der Waals surface area contributed by atoms with E-state index >= 15 is 0 Å². The van der Waals surface area contributed by atoms with Crippen LogP contribution in [-0.4, -0.2) is 37.1 Å². The average molecular weight is 399 g/mol. The largest absolute Gasteiger partial charge is 0.497 e. The van der Waals surface area contributed by atoms with Crippen LogP contribution in [0.5, 0.6) is 11.5 Å². The van der Waals surface area contributed by atoms with Gasteiger partial charge < -0.3 is 14.2 Å². The van der Waals surface area contributed by atoms with Crippen LogP contribution in [0.25, 0.3) is 0 Å². The van der Waals surface area contributed by atoms with Crippen LogP contribution in [-0.2, 0) is 20.7 Å². The van der Waals surface area contributed by atoms with Crippen molar-refractivity contribution in [2.24, 2.45) is 5.41 Å². The third-order valence-electron chi connectivity index (χ3n) is 5.07. The van der Waals surface area contributed by atoms with E-state index < -0.39 is 34.7 Å². The van der Waals surface area contributed by atoms with Crippen molar-refractivity contribution in [2.75, 3.05) is 20.3 Å². The van der Waals surface area contributed by atoms with Gasteiger partial charge in [0.1, 0.15) is 11.5 Å². The Bertz CT molecular complexity index is 928. The summed E-state index contributed by atoms with van der Waals surface area (Å²) < 4.78 is 15.9. The van der Waals surface area contributed by atoms with Gasteiger partial charge in [0, 0.05) is 16.9 Å². The second kappa shape index (κ2) is 8.30. The minimum absolute atomic E-state index is 0.0266. The van der Waals surface area contributed by atoms with Crippen LogP contribution in [0, 0.1) is 15.5 Å². The van der Waals surface area contributed by atoms with Gasteiger partial charge in [0.25, 0.3) is 0 Å². The van der Waals surface area contributed by atoms with Crippen LogP contribution >= 0.6 is 0 Å². The lowest BCUT2D eigenvalue weighted by molar-refractivity contribution is -0.485. The molecular weight excluding hydrogens is 378 g/mol.